The van der Waals surface area contributed by atoms with Crippen molar-refractivity contribution in [3.63, 3.8) is 0 Å². The number of hydrogen-bond donors (Lipinski definition) is 6. The van der Waals surface area contributed by atoms with Gasteiger partial charge in [-0.05, 0) is 434 Å². The van der Waals surface area contributed by atoms with Gasteiger partial charge in [0.2, 0.25) is 0 Å². The summed E-state index contributed by atoms with van der Waals surface area (Å²) < 4.78 is 44.6. The molecule has 1 fully saturated rings. The van der Waals surface area contributed by atoms with Gasteiger partial charge in [-0.2, -0.15) is 28.1 Å². The summed E-state index contributed by atoms with van der Waals surface area (Å²) in [5, 5.41) is 58.8. The summed E-state index contributed by atoms with van der Waals surface area (Å²) in [7, 11) is 0. The van der Waals surface area contributed by atoms with Crippen LogP contribution in [0.5, 0.6) is 34.5 Å². The van der Waals surface area contributed by atoms with Gasteiger partial charge in [-0.15, -0.1) is 0 Å². The van der Waals surface area contributed by atoms with Gasteiger partial charge >= 0.3 is 34.1 Å². The van der Waals surface area contributed by atoms with Crippen molar-refractivity contribution in [1.29, 1.82) is 0 Å². The van der Waals surface area contributed by atoms with Crippen molar-refractivity contribution in [2.24, 2.45) is 0 Å². The van der Waals surface area contributed by atoms with Gasteiger partial charge in [0, 0.05) is 42.9 Å². The van der Waals surface area contributed by atoms with Crippen molar-refractivity contribution in [3.05, 3.63) is 410 Å². The van der Waals surface area contributed by atoms with Crippen LogP contribution in [0.3, 0.4) is 0 Å². The van der Waals surface area contributed by atoms with Crippen molar-refractivity contribution >= 4 is 27.5 Å². The zero-order valence-corrected chi connectivity index (χ0v) is 88.3. The highest BCUT2D eigenvalue weighted by Crippen LogP contribution is 2.44. The van der Waals surface area contributed by atoms with E-state index in [1.165, 1.54) is 103 Å². The third-order valence-corrected chi connectivity index (χ3v) is 27.1. The van der Waals surface area contributed by atoms with Crippen molar-refractivity contribution < 1.29 is 28.4 Å². The molecule has 38 heteroatoms. The van der Waals surface area contributed by atoms with E-state index in [1.54, 1.807) is 24.3 Å². The highest BCUT2D eigenvalue weighted by Gasteiger charge is 2.29. The molecule has 0 radical (unpaired) electrons. The quantitative estimate of drug-likeness (QED) is 0.0293. The molecule has 1 aliphatic carbocycles. The third-order valence-electron chi connectivity index (χ3n) is 26.0. The fourth-order valence-electron chi connectivity index (χ4n) is 16.5. The van der Waals surface area contributed by atoms with E-state index in [0.29, 0.717) is 78.0 Å². The summed E-state index contributed by atoms with van der Waals surface area (Å²) in [6.07, 6.45) is 3.19. The lowest BCUT2D eigenvalue weighted by atomic mass is 10.0. The molecule has 6 heterocycles. The second-order valence-electron chi connectivity index (χ2n) is 36.5. The highest BCUT2D eigenvalue weighted by atomic mass is 79.9. The summed E-state index contributed by atoms with van der Waals surface area (Å²) in [5.41, 5.74) is 32.4. The molecule has 0 bridgehead atoms. The minimum absolute atomic E-state index is 0.220. The Morgan fingerprint density at radius 2 is 0.490 bits per heavy atom. The van der Waals surface area contributed by atoms with Crippen LogP contribution in [0.2, 0.25) is 5.02 Å². The summed E-state index contributed by atoms with van der Waals surface area (Å²) in [4.78, 5) is 71.2. The van der Waals surface area contributed by atoms with Gasteiger partial charge in [0.05, 0.1) is 34.1 Å². The smallest absolute Gasteiger partial charge is 0.365 e. The van der Waals surface area contributed by atoms with Crippen molar-refractivity contribution in [2.45, 2.75) is 210 Å². The normalized spacial score (nSPS) is 11.4. The Bertz CT molecular complexity index is 7570. The lowest BCUT2D eigenvalue weighted by Gasteiger charge is -2.16. The van der Waals surface area contributed by atoms with E-state index in [1.807, 2.05) is 159 Å². The molecule has 0 atom stereocenters. The average molecular weight is 2070 g/mol. The minimum atomic E-state index is -0.430. The van der Waals surface area contributed by atoms with Gasteiger partial charge in [0.15, 0.2) is 0 Å². The van der Waals surface area contributed by atoms with Crippen LogP contribution < -0.4 is 62.6 Å². The number of aromatic nitrogens is 24. The molecule has 0 aliphatic heterocycles. The number of halogens is 2. The number of aryl methyl sites for hydroxylation is 21. The van der Waals surface area contributed by atoms with Crippen LogP contribution in [0.25, 0.3) is 34.1 Å². The van der Waals surface area contributed by atoms with E-state index >= 15 is 0 Å². The summed E-state index contributed by atoms with van der Waals surface area (Å²) in [6, 6.07) is 59.0. The Labute approximate surface area is 860 Å². The SMILES string of the molecule is CCc1cccc(-n2nn[nH]c2=O)c1COc1cc(C)c(C)cc1C.Cc1cc(C)c(OCc2c(Br)cccc2-n2nn[nH]c2=O)cc1C.Cc1cc(C)c(OCc2c(C)cccc2-n2nn[nH]c2=O)cc1C.Cc1cc(C)c(OCc2c(C)cccc2-n2nn[nH]c2=O)cc1C.Cc1cc(C)c(OCc2c(C3CC3)cccc2-n2nn[nH]c2=O)cc1C.Cc1cc(C)c(OCc2c(Cl)cccc2-n2nn[nH]c2=O)cc1C. The van der Waals surface area contributed by atoms with Crippen LogP contribution in [-0.2, 0) is 46.1 Å². The third kappa shape index (κ3) is 25.6. The van der Waals surface area contributed by atoms with Crippen LogP contribution in [0.15, 0.2) is 215 Å². The summed E-state index contributed by atoms with van der Waals surface area (Å²) in [5.74, 6) is 5.57. The van der Waals surface area contributed by atoms with E-state index in [4.69, 9.17) is 40.0 Å². The zero-order valence-electron chi connectivity index (χ0n) is 86.0. The van der Waals surface area contributed by atoms with Crippen molar-refractivity contribution in [2.75, 3.05) is 0 Å². The average Bonchev–Trinajstić information content (AvgIpc) is 1.86. The first-order chi connectivity index (χ1) is 70.4. The highest BCUT2D eigenvalue weighted by molar-refractivity contribution is 9.10. The maximum Gasteiger partial charge on any atom is 0.365 e. The number of nitrogens with one attached hydrogen (secondary N) is 6. The number of nitrogens with zero attached hydrogens (tertiary/aromatic N) is 18. The van der Waals surface area contributed by atoms with E-state index < -0.39 is 11.4 Å². The van der Waals surface area contributed by atoms with E-state index in [9.17, 15) is 28.8 Å². The largest absolute Gasteiger partial charge is 0.489 e. The van der Waals surface area contributed by atoms with Gasteiger partial charge in [0.1, 0.15) is 74.1 Å². The maximum atomic E-state index is 12.0. The Balaban J connectivity index is 0.000000139. The van der Waals surface area contributed by atoms with Crippen LogP contribution >= 0.6 is 27.5 Å². The van der Waals surface area contributed by atoms with Crippen LogP contribution in [-0.4, -0.2) is 121 Å². The number of H-pyrrole nitrogens is 6. The molecule has 12 aromatic carbocycles. The van der Waals surface area contributed by atoms with Gasteiger partial charge in [0.25, 0.3) is 0 Å². The molecule has 18 aromatic rings. The number of aromatic amines is 6. The van der Waals surface area contributed by atoms with Crippen LogP contribution in [0, 0.1) is 138 Å². The van der Waals surface area contributed by atoms with Crippen molar-refractivity contribution in [3.8, 4) is 68.6 Å². The predicted molar refractivity (Wildman–Crippen MR) is 565 cm³/mol. The Morgan fingerprint density at radius 1 is 0.265 bits per heavy atom. The van der Waals surface area contributed by atoms with Gasteiger partial charge in [-0.3, -0.25) is 0 Å². The summed E-state index contributed by atoms with van der Waals surface area (Å²) >= 11 is 9.83. The molecule has 0 saturated heterocycles. The minimum Gasteiger partial charge on any atom is -0.489 e. The Hall–Kier alpha value is -16.6. The monoisotopic (exact) mass is 2070 g/mol. The number of benzene rings is 12. The van der Waals surface area contributed by atoms with Crippen LogP contribution in [0.4, 0.5) is 0 Å². The predicted octanol–water partition coefficient (Wildman–Crippen LogP) is 18.2. The second kappa shape index (κ2) is 47.8. The first-order valence-corrected chi connectivity index (χ1v) is 48.8. The van der Waals surface area contributed by atoms with Crippen molar-refractivity contribution in [1.82, 2.24) is 121 Å². The summed E-state index contributed by atoms with van der Waals surface area (Å²) in [6.45, 7) is 45.1. The molecule has 0 unspecified atom stereocenters. The molecule has 0 spiro atoms. The molecule has 36 nitrogen and oxygen atoms in total. The van der Waals surface area contributed by atoms with Gasteiger partial charge in [-0.1, -0.05) is 132 Å². The molecule has 0 amide bonds. The zero-order chi connectivity index (χ0) is 105. The Kier molecular flexibility index (Phi) is 34.5. The lowest BCUT2D eigenvalue weighted by Crippen LogP contribution is -2.19. The molecule has 1 aliphatic rings. The number of ether oxygens (including phenoxy) is 6. The van der Waals surface area contributed by atoms with E-state index in [-0.39, 0.29) is 29.4 Å². The van der Waals surface area contributed by atoms with Gasteiger partial charge < -0.3 is 28.4 Å². The van der Waals surface area contributed by atoms with Crippen LogP contribution in [0.1, 0.15) is 181 Å². The standard InChI is InChI=1S/C20H22N4O2.C19H22N4O2.2C18H20N4O2.C17H17BrN4O2.C17H17ClN4O2/c1-12-9-14(3)19(10-13(12)2)26-11-17-16(15-7-8-15)5-4-6-18(17)24-20(25)21-22-23-24;1-5-15-7-6-8-17(23-19(24)20-21-22-23)16(15)11-25-18-10-13(3)12(2)9-14(18)4;2*1-11-6-5-7-16(22-18(23)19-20-21-22)15(11)10-24-17-9-13(3)12(2)8-14(17)4;2*1-10-7-12(3)16(8-11(10)2)24-9-13-14(18)5-4-6-15(13)22-17(23)19-20-21-22/h4-6,9-10,15H,7-8,11H2,1-3H3,(H,21,23,25);6-10H,5,11H2,1-4H3,(H,20,22,24);2*5-9H,10H2,1-4H3,(H,19,21,23);2*4-8H,9H2,1-3H3,(H,19,21,23). The maximum absolute atomic E-state index is 12.0. The molecule has 19 rings (SSSR count). The molecule has 1 saturated carbocycles. The van der Waals surface area contributed by atoms with E-state index in [2.05, 4.69) is 254 Å². The number of rotatable bonds is 26. The van der Waals surface area contributed by atoms with E-state index in [0.717, 1.165) is 139 Å². The fraction of sp³-hybridized carbons (Fsp3) is 0.284. The first kappa shape index (κ1) is 106. The van der Waals surface area contributed by atoms with Gasteiger partial charge in [-0.25, -0.2) is 59.4 Å². The fourth-order valence-corrected chi connectivity index (χ4v) is 17.2. The first-order valence-electron chi connectivity index (χ1n) is 47.7. The molecule has 760 valence electrons. The number of hydrogen-bond acceptors (Lipinski definition) is 24. The topological polar surface area (TPSA) is 437 Å². The molecule has 6 N–H and O–H groups in total. The molecular weight excluding hydrogens is 1950 g/mol. The Morgan fingerprint density at radius 3 is 0.776 bits per heavy atom. The molecule has 6 aromatic heterocycles. The lowest BCUT2D eigenvalue weighted by molar-refractivity contribution is 0.302. The number of tetrazole rings is 6. The molecule has 147 heavy (non-hydrogen) atoms. The molecular formula is C109H118BrClN24O12. The second-order valence-corrected chi connectivity index (χ2v) is 37.7.